The molecule has 1 N–H and O–H groups in total. The highest BCUT2D eigenvalue weighted by atomic mass is 35.5. The van der Waals surface area contributed by atoms with Gasteiger partial charge in [0.05, 0.1) is 5.69 Å². The fraction of sp³-hybridized carbons (Fsp3) is 0.160. The van der Waals surface area contributed by atoms with E-state index in [9.17, 15) is 4.79 Å². The summed E-state index contributed by atoms with van der Waals surface area (Å²) < 4.78 is 3.26. The Kier molecular flexibility index (Phi) is 6.86. The average molecular weight is 467 g/mol. The van der Waals surface area contributed by atoms with Crippen LogP contribution in [0.15, 0.2) is 77.0 Å². The molecule has 0 atom stereocenters. The van der Waals surface area contributed by atoms with Gasteiger partial charge in [0, 0.05) is 21.2 Å². The fourth-order valence-electron chi connectivity index (χ4n) is 3.27. The van der Waals surface area contributed by atoms with Crippen LogP contribution in [0.5, 0.6) is 0 Å². The third-order valence-corrected chi connectivity index (χ3v) is 7.37. The fourth-order valence-corrected chi connectivity index (χ4v) is 5.20. The summed E-state index contributed by atoms with van der Waals surface area (Å²) in [5, 5.41) is 7.05. The number of carbonyl (C=O) groups excluding carboxylic acids is 1. The first-order chi connectivity index (χ1) is 15.0. The van der Waals surface area contributed by atoms with Gasteiger partial charge < -0.3 is 9.62 Å². The smallest absolute Gasteiger partial charge is 0.240 e. The predicted molar refractivity (Wildman–Crippen MR) is 134 cm³/mol. The number of benzene rings is 3. The van der Waals surface area contributed by atoms with Gasteiger partial charge in [0.1, 0.15) is 6.54 Å². The molecule has 0 fully saturated rings. The lowest BCUT2D eigenvalue weighted by Crippen LogP contribution is -2.33. The van der Waals surface area contributed by atoms with Crippen LogP contribution in [0.1, 0.15) is 16.7 Å². The molecular formula is C25H23ClN2OS2. The molecule has 3 aromatic carbocycles. The molecule has 0 saturated heterocycles. The van der Waals surface area contributed by atoms with Crippen LogP contribution in [0.25, 0.3) is 10.1 Å². The molecule has 0 aliphatic rings. The molecule has 3 nitrogen and oxygen atoms in total. The highest BCUT2D eigenvalue weighted by Crippen LogP contribution is 2.34. The lowest BCUT2D eigenvalue weighted by atomic mass is 10.1. The van der Waals surface area contributed by atoms with Crippen LogP contribution in [0.4, 0.5) is 5.69 Å². The van der Waals surface area contributed by atoms with Crippen molar-refractivity contribution < 1.29 is 4.79 Å². The number of halogens is 1. The molecule has 1 aromatic heterocycles. The molecule has 0 aliphatic heterocycles. The first kappa shape index (κ1) is 21.8. The largest absolute Gasteiger partial charge is 0.350 e. The van der Waals surface area contributed by atoms with Crippen molar-refractivity contribution in [2.45, 2.75) is 25.3 Å². The van der Waals surface area contributed by atoms with Gasteiger partial charge in [0.2, 0.25) is 5.91 Å². The van der Waals surface area contributed by atoms with E-state index in [2.05, 4.69) is 66.2 Å². The Morgan fingerprint density at radius 1 is 1.06 bits per heavy atom. The maximum atomic E-state index is 12.9. The standard InChI is InChI=1S/C25H23ClN2OS2/c1-17-6-9-21(10-7-17)31-28(23-5-3-4-22(26)18(23)2)16-25(29)27-15-19-8-11-24-20(14-19)12-13-30-24/h3-14H,15-16H2,1-2H3,(H,27,29). The minimum atomic E-state index is -0.0376. The van der Waals surface area contributed by atoms with Gasteiger partial charge >= 0.3 is 0 Å². The summed E-state index contributed by atoms with van der Waals surface area (Å²) in [5.41, 5.74) is 4.19. The quantitative estimate of drug-likeness (QED) is 0.297. The number of hydrogen-bond donors (Lipinski definition) is 1. The minimum Gasteiger partial charge on any atom is -0.350 e. The third-order valence-electron chi connectivity index (χ3n) is 5.04. The van der Waals surface area contributed by atoms with Crippen LogP contribution in [0.3, 0.4) is 0 Å². The molecule has 4 aromatic rings. The average Bonchev–Trinajstić information content (AvgIpc) is 3.23. The summed E-state index contributed by atoms with van der Waals surface area (Å²) in [5.74, 6) is -0.0376. The number of thiophene rings is 1. The van der Waals surface area contributed by atoms with E-state index in [0.29, 0.717) is 11.6 Å². The summed E-state index contributed by atoms with van der Waals surface area (Å²) in [7, 11) is 0. The second-order valence-corrected chi connectivity index (χ2v) is 9.84. The summed E-state index contributed by atoms with van der Waals surface area (Å²) in [4.78, 5) is 13.9. The van der Waals surface area contributed by atoms with E-state index in [-0.39, 0.29) is 12.5 Å². The van der Waals surface area contributed by atoms with E-state index in [0.717, 1.165) is 21.7 Å². The maximum Gasteiger partial charge on any atom is 0.240 e. The topological polar surface area (TPSA) is 32.3 Å². The van der Waals surface area contributed by atoms with Crippen LogP contribution in [-0.4, -0.2) is 12.5 Å². The first-order valence-electron chi connectivity index (χ1n) is 10.00. The van der Waals surface area contributed by atoms with E-state index in [4.69, 9.17) is 11.6 Å². The molecule has 4 rings (SSSR count). The SMILES string of the molecule is Cc1ccc(SN(CC(=O)NCc2ccc3sccc3c2)c2cccc(Cl)c2C)cc1. The van der Waals surface area contributed by atoms with E-state index < -0.39 is 0 Å². The van der Waals surface area contributed by atoms with E-state index in [1.54, 1.807) is 23.3 Å². The van der Waals surface area contributed by atoms with Gasteiger partial charge in [0.15, 0.2) is 0 Å². The van der Waals surface area contributed by atoms with E-state index in [1.165, 1.54) is 15.6 Å². The van der Waals surface area contributed by atoms with Crippen molar-refractivity contribution in [3.05, 3.63) is 93.8 Å². The van der Waals surface area contributed by atoms with Crippen molar-refractivity contribution in [2.75, 3.05) is 10.8 Å². The van der Waals surface area contributed by atoms with Crippen molar-refractivity contribution in [1.29, 1.82) is 0 Å². The van der Waals surface area contributed by atoms with E-state index >= 15 is 0 Å². The Bertz CT molecular complexity index is 1200. The Labute approximate surface area is 196 Å². The van der Waals surface area contributed by atoms with Crippen molar-refractivity contribution in [3.8, 4) is 0 Å². The van der Waals surface area contributed by atoms with Crippen LogP contribution in [0, 0.1) is 13.8 Å². The zero-order chi connectivity index (χ0) is 21.8. The van der Waals surface area contributed by atoms with Gasteiger partial charge in [-0.1, -0.05) is 41.4 Å². The Balaban J connectivity index is 1.49. The minimum absolute atomic E-state index is 0.0376. The summed E-state index contributed by atoms with van der Waals surface area (Å²) >= 11 is 9.63. The second-order valence-electron chi connectivity index (χ2n) is 7.39. The summed E-state index contributed by atoms with van der Waals surface area (Å²) in [6, 6.07) is 22.5. The molecular weight excluding hydrogens is 444 g/mol. The number of rotatable bonds is 7. The second kappa shape index (κ2) is 9.77. The number of fused-ring (bicyclic) bond motifs is 1. The van der Waals surface area contributed by atoms with Crippen molar-refractivity contribution in [2.24, 2.45) is 0 Å². The van der Waals surface area contributed by atoms with Gasteiger partial charge in [-0.25, -0.2) is 0 Å². The molecule has 158 valence electrons. The number of anilines is 1. The van der Waals surface area contributed by atoms with Crippen molar-refractivity contribution >= 4 is 56.6 Å². The normalized spacial score (nSPS) is 10.9. The molecule has 1 amide bonds. The van der Waals surface area contributed by atoms with Crippen LogP contribution in [0.2, 0.25) is 5.02 Å². The number of aryl methyl sites for hydroxylation is 1. The van der Waals surface area contributed by atoms with Gasteiger partial charge in [-0.15, -0.1) is 11.3 Å². The predicted octanol–water partition coefficient (Wildman–Crippen LogP) is 7.00. The van der Waals surface area contributed by atoms with Crippen LogP contribution < -0.4 is 9.62 Å². The third kappa shape index (κ3) is 5.42. The number of nitrogens with zero attached hydrogens (tertiary/aromatic N) is 1. The molecule has 0 bridgehead atoms. The monoisotopic (exact) mass is 466 g/mol. The van der Waals surface area contributed by atoms with Gasteiger partial charge in [-0.05, 0) is 90.2 Å². The van der Waals surface area contributed by atoms with Crippen LogP contribution >= 0.6 is 34.9 Å². The Hall–Kier alpha value is -2.47. The number of carbonyl (C=O) groups is 1. The highest BCUT2D eigenvalue weighted by molar-refractivity contribution is 8.00. The Morgan fingerprint density at radius 2 is 1.87 bits per heavy atom. The van der Waals surface area contributed by atoms with Crippen molar-refractivity contribution in [1.82, 2.24) is 5.32 Å². The molecule has 0 saturated carbocycles. The highest BCUT2D eigenvalue weighted by Gasteiger charge is 2.17. The molecule has 31 heavy (non-hydrogen) atoms. The first-order valence-corrected chi connectivity index (χ1v) is 12.0. The maximum absolute atomic E-state index is 12.9. The molecule has 6 heteroatoms. The van der Waals surface area contributed by atoms with Crippen LogP contribution in [-0.2, 0) is 11.3 Å². The van der Waals surface area contributed by atoms with Crippen molar-refractivity contribution in [3.63, 3.8) is 0 Å². The summed E-state index contributed by atoms with van der Waals surface area (Å²) in [6.07, 6.45) is 0. The molecule has 0 unspecified atom stereocenters. The van der Waals surface area contributed by atoms with Gasteiger partial charge in [0.25, 0.3) is 0 Å². The van der Waals surface area contributed by atoms with Gasteiger partial charge in [-0.2, -0.15) is 0 Å². The molecule has 0 spiro atoms. The summed E-state index contributed by atoms with van der Waals surface area (Å²) in [6.45, 7) is 4.77. The number of nitrogens with one attached hydrogen (secondary N) is 1. The lowest BCUT2D eigenvalue weighted by molar-refractivity contribution is -0.119. The zero-order valence-corrected chi connectivity index (χ0v) is 19.8. The zero-order valence-electron chi connectivity index (χ0n) is 17.4. The number of hydrogen-bond acceptors (Lipinski definition) is 4. The molecule has 1 heterocycles. The van der Waals surface area contributed by atoms with Gasteiger partial charge in [-0.3, -0.25) is 4.79 Å². The number of amides is 1. The lowest BCUT2D eigenvalue weighted by Gasteiger charge is -2.25. The Morgan fingerprint density at radius 3 is 2.68 bits per heavy atom. The molecule has 0 radical (unpaired) electrons. The van der Waals surface area contributed by atoms with E-state index in [1.807, 2.05) is 29.4 Å². The molecule has 0 aliphatic carbocycles.